The highest BCUT2D eigenvalue weighted by Crippen LogP contribution is 2.30. The van der Waals surface area contributed by atoms with E-state index in [9.17, 15) is 5.11 Å². The van der Waals surface area contributed by atoms with Gasteiger partial charge >= 0.3 is 0 Å². The van der Waals surface area contributed by atoms with Gasteiger partial charge in [0, 0.05) is 11.5 Å². The van der Waals surface area contributed by atoms with E-state index in [0.717, 1.165) is 11.3 Å². The molecule has 90 valence electrons. The van der Waals surface area contributed by atoms with Crippen LogP contribution in [0, 0.1) is 0 Å². The fourth-order valence-corrected chi connectivity index (χ4v) is 1.76. The third-order valence-electron chi connectivity index (χ3n) is 2.62. The van der Waals surface area contributed by atoms with Crippen LogP contribution in [-0.4, -0.2) is 10.1 Å². The number of hydrogen-bond acceptors (Lipinski definition) is 3. The van der Waals surface area contributed by atoms with Gasteiger partial charge in [-0.3, -0.25) is 0 Å². The van der Waals surface area contributed by atoms with Gasteiger partial charge in [0.05, 0.1) is 6.10 Å². The smallest absolute Gasteiger partial charge is 0.226 e. The summed E-state index contributed by atoms with van der Waals surface area (Å²) in [4.78, 5) is 4.38. The topological polar surface area (TPSA) is 46.3 Å². The third-order valence-corrected chi connectivity index (χ3v) is 2.62. The SMILES string of the molecule is CC(C)c1oc(-c2ccccc2)nc1C(C)O. The van der Waals surface area contributed by atoms with Crippen LogP contribution in [0.1, 0.15) is 44.2 Å². The number of nitrogens with zero attached hydrogens (tertiary/aromatic N) is 1. The Morgan fingerprint density at radius 3 is 2.24 bits per heavy atom. The maximum atomic E-state index is 9.69. The fraction of sp³-hybridized carbons (Fsp3) is 0.357. The summed E-state index contributed by atoms with van der Waals surface area (Å²) in [6, 6.07) is 9.72. The molecule has 0 fully saturated rings. The zero-order valence-corrected chi connectivity index (χ0v) is 10.3. The Bertz CT molecular complexity index is 461. The largest absolute Gasteiger partial charge is 0.441 e. The van der Waals surface area contributed by atoms with Crippen molar-refractivity contribution in [2.75, 3.05) is 0 Å². The highest BCUT2D eigenvalue weighted by molar-refractivity contribution is 5.53. The van der Waals surface area contributed by atoms with E-state index in [-0.39, 0.29) is 5.92 Å². The minimum atomic E-state index is -0.603. The number of aliphatic hydroxyl groups is 1. The molecule has 17 heavy (non-hydrogen) atoms. The molecule has 3 heteroatoms. The van der Waals surface area contributed by atoms with Crippen molar-refractivity contribution in [3.8, 4) is 11.5 Å². The van der Waals surface area contributed by atoms with Gasteiger partial charge in [-0.25, -0.2) is 4.98 Å². The Morgan fingerprint density at radius 1 is 1.12 bits per heavy atom. The first-order valence-electron chi connectivity index (χ1n) is 5.83. The fourth-order valence-electron chi connectivity index (χ4n) is 1.76. The first-order chi connectivity index (χ1) is 8.09. The third kappa shape index (κ3) is 2.39. The number of oxazole rings is 1. The molecule has 0 amide bonds. The number of rotatable bonds is 3. The molecule has 0 saturated carbocycles. The van der Waals surface area contributed by atoms with Gasteiger partial charge in [0.2, 0.25) is 5.89 Å². The molecule has 0 bridgehead atoms. The standard InChI is InChI=1S/C14H17NO2/c1-9(2)13-12(10(3)16)15-14(17-13)11-7-5-4-6-8-11/h4-10,16H,1-3H3. The first kappa shape index (κ1) is 11.9. The maximum absolute atomic E-state index is 9.69. The van der Waals surface area contributed by atoms with Crippen LogP contribution in [0.15, 0.2) is 34.7 Å². The van der Waals surface area contributed by atoms with E-state index < -0.39 is 6.10 Å². The van der Waals surface area contributed by atoms with Gasteiger partial charge < -0.3 is 9.52 Å². The van der Waals surface area contributed by atoms with E-state index in [1.807, 2.05) is 44.2 Å². The minimum Gasteiger partial charge on any atom is -0.441 e. The number of aliphatic hydroxyl groups excluding tert-OH is 1. The zero-order chi connectivity index (χ0) is 12.4. The van der Waals surface area contributed by atoms with Crippen molar-refractivity contribution in [1.29, 1.82) is 0 Å². The summed E-state index contributed by atoms with van der Waals surface area (Å²) in [5.74, 6) is 1.55. The van der Waals surface area contributed by atoms with E-state index in [1.54, 1.807) is 6.92 Å². The molecule has 1 atom stereocenters. The zero-order valence-electron chi connectivity index (χ0n) is 10.3. The summed E-state index contributed by atoms with van der Waals surface area (Å²) in [6.45, 7) is 5.76. The quantitative estimate of drug-likeness (QED) is 0.879. The maximum Gasteiger partial charge on any atom is 0.226 e. The van der Waals surface area contributed by atoms with Crippen LogP contribution < -0.4 is 0 Å². The molecule has 1 aromatic carbocycles. The van der Waals surface area contributed by atoms with Gasteiger partial charge in [0.1, 0.15) is 11.5 Å². The highest BCUT2D eigenvalue weighted by Gasteiger charge is 2.20. The molecule has 0 saturated heterocycles. The number of hydrogen-bond donors (Lipinski definition) is 1. The summed E-state index contributed by atoms with van der Waals surface area (Å²) >= 11 is 0. The van der Waals surface area contributed by atoms with Crippen LogP contribution in [0.4, 0.5) is 0 Å². The molecule has 1 N–H and O–H groups in total. The average molecular weight is 231 g/mol. The molecule has 1 aromatic heterocycles. The van der Waals surface area contributed by atoms with Crippen molar-refractivity contribution in [3.63, 3.8) is 0 Å². The van der Waals surface area contributed by atoms with Crippen LogP contribution in [0.3, 0.4) is 0 Å². The Labute approximate surface area is 101 Å². The predicted octanol–water partition coefficient (Wildman–Crippen LogP) is 3.52. The normalized spacial score (nSPS) is 13.0. The molecular formula is C14H17NO2. The molecule has 2 rings (SSSR count). The minimum absolute atomic E-state index is 0.213. The van der Waals surface area contributed by atoms with Crippen molar-refractivity contribution in [3.05, 3.63) is 41.8 Å². The Hall–Kier alpha value is -1.61. The van der Waals surface area contributed by atoms with Crippen LogP contribution in [-0.2, 0) is 0 Å². The van der Waals surface area contributed by atoms with Crippen LogP contribution in [0.5, 0.6) is 0 Å². The molecule has 3 nitrogen and oxygen atoms in total. The monoisotopic (exact) mass is 231 g/mol. The van der Waals surface area contributed by atoms with E-state index in [1.165, 1.54) is 0 Å². The first-order valence-corrected chi connectivity index (χ1v) is 5.83. The van der Waals surface area contributed by atoms with Crippen molar-refractivity contribution in [2.45, 2.75) is 32.8 Å². The molecule has 0 aliphatic heterocycles. The van der Waals surface area contributed by atoms with Gasteiger partial charge in [-0.15, -0.1) is 0 Å². The van der Waals surface area contributed by atoms with Crippen molar-refractivity contribution < 1.29 is 9.52 Å². The van der Waals surface area contributed by atoms with E-state index >= 15 is 0 Å². The lowest BCUT2D eigenvalue weighted by Crippen LogP contribution is -1.97. The van der Waals surface area contributed by atoms with E-state index in [2.05, 4.69) is 4.98 Å². The van der Waals surface area contributed by atoms with Gasteiger partial charge in [-0.2, -0.15) is 0 Å². The molecule has 1 unspecified atom stereocenters. The molecule has 0 aliphatic carbocycles. The molecule has 0 radical (unpaired) electrons. The molecular weight excluding hydrogens is 214 g/mol. The molecule has 2 aromatic rings. The van der Waals surface area contributed by atoms with Crippen molar-refractivity contribution in [2.24, 2.45) is 0 Å². The molecule has 1 heterocycles. The van der Waals surface area contributed by atoms with Crippen LogP contribution >= 0.6 is 0 Å². The van der Waals surface area contributed by atoms with Crippen molar-refractivity contribution in [1.82, 2.24) is 4.98 Å². The lowest BCUT2D eigenvalue weighted by Gasteiger charge is -2.04. The number of aromatic nitrogens is 1. The predicted molar refractivity (Wildman–Crippen MR) is 66.7 cm³/mol. The number of benzene rings is 1. The second kappa shape index (κ2) is 4.72. The summed E-state index contributed by atoms with van der Waals surface area (Å²) in [7, 11) is 0. The highest BCUT2D eigenvalue weighted by atomic mass is 16.4. The second-order valence-corrected chi connectivity index (χ2v) is 4.47. The van der Waals surface area contributed by atoms with E-state index in [0.29, 0.717) is 11.6 Å². The van der Waals surface area contributed by atoms with Gasteiger partial charge in [-0.05, 0) is 19.1 Å². The van der Waals surface area contributed by atoms with Crippen LogP contribution in [0.25, 0.3) is 11.5 Å². The Morgan fingerprint density at radius 2 is 1.76 bits per heavy atom. The van der Waals surface area contributed by atoms with Gasteiger partial charge in [0.15, 0.2) is 0 Å². The summed E-state index contributed by atoms with van der Waals surface area (Å²) in [6.07, 6.45) is -0.603. The summed E-state index contributed by atoms with van der Waals surface area (Å²) in [5, 5.41) is 9.69. The molecule has 0 aliphatic rings. The summed E-state index contributed by atoms with van der Waals surface area (Å²) in [5.41, 5.74) is 1.57. The van der Waals surface area contributed by atoms with Gasteiger partial charge in [-0.1, -0.05) is 32.0 Å². The van der Waals surface area contributed by atoms with E-state index in [4.69, 9.17) is 4.42 Å². The van der Waals surface area contributed by atoms with Gasteiger partial charge in [0.25, 0.3) is 0 Å². The molecule has 0 spiro atoms. The average Bonchev–Trinajstić information content (AvgIpc) is 2.75. The van der Waals surface area contributed by atoms with Crippen molar-refractivity contribution >= 4 is 0 Å². The lowest BCUT2D eigenvalue weighted by atomic mass is 10.1. The van der Waals surface area contributed by atoms with Crippen LogP contribution in [0.2, 0.25) is 0 Å². The Balaban J connectivity index is 2.48. The Kier molecular flexibility index (Phi) is 3.29. The summed E-state index contributed by atoms with van der Waals surface area (Å²) < 4.78 is 5.75. The lowest BCUT2D eigenvalue weighted by molar-refractivity contribution is 0.191. The second-order valence-electron chi connectivity index (χ2n) is 4.47.